The molecule has 10 nitrogen and oxygen atoms in total. The van der Waals surface area contributed by atoms with Crippen molar-refractivity contribution in [2.24, 2.45) is 0 Å². The van der Waals surface area contributed by atoms with Crippen LogP contribution in [0.25, 0.3) is 22.3 Å². The van der Waals surface area contributed by atoms with Crippen molar-refractivity contribution in [3.8, 4) is 23.2 Å². The predicted octanol–water partition coefficient (Wildman–Crippen LogP) is 6.64. The first kappa shape index (κ1) is 33.1. The number of nitriles is 1. The third-order valence-electron chi connectivity index (χ3n) is 9.28. The molecule has 0 N–H and O–H groups in total. The fourth-order valence-corrected chi connectivity index (χ4v) is 7.35. The molecule has 14 heteroatoms. The quantitative estimate of drug-likeness (QED) is 0.130. The van der Waals surface area contributed by atoms with Crippen LogP contribution >= 0.6 is 0 Å². The first-order valence-electron chi connectivity index (χ1n) is 16.1. The highest BCUT2D eigenvalue weighted by Crippen LogP contribution is 2.46. The van der Waals surface area contributed by atoms with Gasteiger partial charge in [-0.15, -0.1) is 0 Å². The van der Waals surface area contributed by atoms with Gasteiger partial charge in [-0.1, -0.05) is 19.6 Å². The van der Waals surface area contributed by atoms with Crippen LogP contribution < -0.4 is 4.74 Å². The van der Waals surface area contributed by atoms with Crippen LogP contribution in [0.4, 0.5) is 13.2 Å². The predicted molar refractivity (Wildman–Crippen MR) is 173 cm³/mol. The summed E-state index contributed by atoms with van der Waals surface area (Å²) in [7, 11) is -1.17. The van der Waals surface area contributed by atoms with Crippen molar-refractivity contribution in [3.05, 3.63) is 54.4 Å². The van der Waals surface area contributed by atoms with Crippen LogP contribution in [-0.4, -0.2) is 74.1 Å². The fourth-order valence-electron chi connectivity index (χ4n) is 6.59. The Morgan fingerprint density at radius 3 is 2.60 bits per heavy atom. The normalized spacial score (nSPS) is 21.1. The second-order valence-corrected chi connectivity index (χ2v) is 19.7. The molecule has 0 amide bonds. The Kier molecular flexibility index (Phi) is 9.16. The standard InChI is InChI=1S/C33H41F3N8O2Si/c1-23-15-28(33(34,35)36)41-29(16-23)46-26-5-10-42(11-6-26)25-17-32(18-25,8-9-37)44-20-24(19-40-44)30-27-7-12-43(31(27)39-21-38-30)22-45-13-14-47(2,3)4/h7,12,15-16,19-21,25-26H,5-6,8,10-11,13-14,17-18,22H2,1-4H3. The number of aryl methyl sites for hydroxylation is 1. The molecule has 1 aliphatic carbocycles. The van der Waals surface area contributed by atoms with Crippen LogP contribution in [0.2, 0.25) is 25.7 Å². The second kappa shape index (κ2) is 13.0. The molecule has 250 valence electrons. The fraction of sp³-hybridized carbons (Fsp3) is 0.545. The Bertz CT molecular complexity index is 1740. The molecule has 6 rings (SSSR count). The van der Waals surface area contributed by atoms with Crippen LogP contribution in [0.1, 0.15) is 43.4 Å². The summed E-state index contributed by atoms with van der Waals surface area (Å²) in [6.45, 7) is 11.3. The molecule has 0 aromatic carbocycles. The summed E-state index contributed by atoms with van der Waals surface area (Å²) in [6.07, 6.45) is 5.91. The minimum Gasteiger partial charge on any atom is -0.474 e. The summed E-state index contributed by atoms with van der Waals surface area (Å²) in [5.74, 6) is 0.0188. The van der Waals surface area contributed by atoms with Crippen molar-refractivity contribution in [3.63, 3.8) is 0 Å². The van der Waals surface area contributed by atoms with E-state index in [2.05, 4.69) is 45.6 Å². The number of nitrogens with zero attached hydrogens (tertiary/aromatic N) is 8. The number of hydrogen-bond donors (Lipinski definition) is 0. The van der Waals surface area contributed by atoms with E-state index in [1.54, 1.807) is 19.3 Å². The number of ether oxygens (including phenoxy) is 2. The molecular formula is C33H41F3N8O2Si. The molecule has 4 aromatic rings. The first-order valence-corrected chi connectivity index (χ1v) is 19.8. The number of pyridine rings is 1. The molecule has 5 heterocycles. The van der Waals surface area contributed by atoms with Gasteiger partial charge in [-0.25, -0.2) is 15.0 Å². The van der Waals surface area contributed by atoms with Crippen LogP contribution in [0, 0.1) is 18.3 Å². The Morgan fingerprint density at radius 1 is 1.13 bits per heavy atom. The zero-order valence-corrected chi connectivity index (χ0v) is 28.3. The molecule has 1 saturated heterocycles. The summed E-state index contributed by atoms with van der Waals surface area (Å²) < 4.78 is 55.4. The molecule has 1 saturated carbocycles. The van der Waals surface area contributed by atoms with Gasteiger partial charge in [0.05, 0.1) is 29.9 Å². The van der Waals surface area contributed by atoms with E-state index in [1.165, 1.54) is 0 Å². The summed E-state index contributed by atoms with van der Waals surface area (Å²) in [5, 5.41) is 15.4. The average molecular weight is 667 g/mol. The molecule has 0 radical (unpaired) electrons. The van der Waals surface area contributed by atoms with Gasteiger partial charge in [-0.05, 0) is 56.3 Å². The van der Waals surface area contributed by atoms with E-state index in [4.69, 9.17) is 14.6 Å². The lowest BCUT2D eigenvalue weighted by Gasteiger charge is -2.52. The maximum Gasteiger partial charge on any atom is 0.433 e. The molecule has 0 unspecified atom stereocenters. The Morgan fingerprint density at radius 2 is 1.89 bits per heavy atom. The Labute approximate surface area is 273 Å². The minimum absolute atomic E-state index is 0.0188. The van der Waals surface area contributed by atoms with Gasteiger partial charge in [0.25, 0.3) is 0 Å². The SMILES string of the molecule is Cc1cc(OC2CCN(C3CC(CC#N)(n4cc(-c5ncnc6c5ccn6COCC[Si](C)(C)C)cn4)C3)CC2)nc(C(F)(F)F)c1. The number of halogens is 3. The smallest absolute Gasteiger partial charge is 0.433 e. The summed E-state index contributed by atoms with van der Waals surface area (Å²) in [5.41, 5.74) is 1.58. The number of piperidine rings is 1. The molecule has 2 aliphatic rings. The largest absolute Gasteiger partial charge is 0.474 e. The van der Waals surface area contributed by atoms with E-state index in [-0.39, 0.29) is 18.0 Å². The molecule has 0 bridgehead atoms. The van der Waals surface area contributed by atoms with Gasteiger partial charge in [0.1, 0.15) is 30.5 Å². The Hall–Kier alpha value is -3.80. The van der Waals surface area contributed by atoms with E-state index in [0.29, 0.717) is 31.6 Å². The van der Waals surface area contributed by atoms with Crippen LogP contribution in [-0.2, 0) is 23.2 Å². The zero-order valence-electron chi connectivity index (χ0n) is 27.3. The molecule has 47 heavy (non-hydrogen) atoms. The van der Waals surface area contributed by atoms with Crippen LogP contribution in [0.5, 0.6) is 5.88 Å². The third-order valence-corrected chi connectivity index (χ3v) is 11.0. The number of fused-ring (bicyclic) bond motifs is 1. The van der Waals surface area contributed by atoms with Crippen molar-refractivity contribution in [2.45, 2.75) is 95.3 Å². The van der Waals surface area contributed by atoms with E-state index in [9.17, 15) is 18.4 Å². The van der Waals surface area contributed by atoms with Crippen molar-refractivity contribution < 1.29 is 22.6 Å². The Balaban J connectivity index is 1.08. The van der Waals surface area contributed by atoms with Gasteiger partial charge in [0.2, 0.25) is 5.88 Å². The second-order valence-electron chi connectivity index (χ2n) is 14.1. The average Bonchev–Trinajstić information content (AvgIpc) is 3.64. The van der Waals surface area contributed by atoms with Gasteiger partial charge >= 0.3 is 6.18 Å². The highest BCUT2D eigenvalue weighted by atomic mass is 28.3. The highest BCUT2D eigenvalue weighted by molar-refractivity contribution is 6.76. The highest BCUT2D eigenvalue weighted by Gasteiger charge is 2.49. The third kappa shape index (κ3) is 7.37. The number of hydrogen-bond acceptors (Lipinski definition) is 8. The topological polar surface area (TPSA) is 107 Å². The molecular weight excluding hydrogens is 625 g/mol. The van der Waals surface area contributed by atoms with Gasteiger partial charge in [0.15, 0.2) is 0 Å². The van der Waals surface area contributed by atoms with Crippen molar-refractivity contribution in [1.29, 1.82) is 5.26 Å². The molecule has 2 fully saturated rings. The summed E-state index contributed by atoms with van der Waals surface area (Å²) >= 11 is 0. The van der Waals surface area contributed by atoms with E-state index >= 15 is 0 Å². The molecule has 1 aliphatic heterocycles. The lowest BCUT2D eigenvalue weighted by Crippen LogP contribution is -2.58. The van der Waals surface area contributed by atoms with E-state index < -0.39 is 25.5 Å². The van der Waals surface area contributed by atoms with E-state index in [1.807, 2.05) is 33.9 Å². The lowest BCUT2D eigenvalue weighted by molar-refractivity contribution is -0.141. The van der Waals surface area contributed by atoms with Gasteiger partial charge in [-0.3, -0.25) is 9.58 Å². The van der Waals surface area contributed by atoms with Gasteiger partial charge < -0.3 is 14.0 Å². The van der Waals surface area contributed by atoms with Crippen molar-refractivity contribution >= 4 is 19.1 Å². The maximum absolute atomic E-state index is 13.2. The van der Waals surface area contributed by atoms with Crippen LogP contribution in [0.15, 0.2) is 43.1 Å². The lowest BCUT2D eigenvalue weighted by atomic mass is 9.69. The summed E-state index contributed by atoms with van der Waals surface area (Å²) in [4.78, 5) is 15.2. The number of rotatable bonds is 11. The molecule has 0 atom stereocenters. The van der Waals surface area contributed by atoms with Gasteiger partial charge in [0, 0.05) is 63.2 Å². The number of likely N-dealkylation sites (tertiary alicyclic amines) is 1. The van der Waals surface area contributed by atoms with Crippen molar-refractivity contribution in [2.75, 3.05) is 19.7 Å². The first-order chi connectivity index (χ1) is 22.3. The number of alkyl halides is 3. The van der Waals surface area contributed by atoms with Crippen molar-refractivity contribution in [1.82, 2.24) is 34.2 Å². The minimum atomic E-state index is -4.52. The van der Waals surface area contributed by atoms with E-state index in [0.717, 1.165) is 66.9 Å². The van der Waals surface area contributed by atoms with Crippen LogP contribution in [0.3, 0.4) is 0 Å². The zero-order chi connectivity index (χ0) is 33.4. The molecule has 0 spiro atoms. The maximum atomic E-state index is 13.2. The number of aromatic nitrogens is 6. The summed E-state index contributed by atoms with van der Waals surface area (Å²) in [6, 6.07) is 8.34. The molecule has 4 aromatic heterocycles. The monoisotopic (exact) mass is 666 g/mol. The van der Waals surface area contributed by atoms with Gasteiger partial charge in [-0.2, -0.15) is 23.5 Å².